The number of rotatable bonds is 3. The van der Waals surface area contributed by atoms with E-state index in [2.05, 4.69) is 34.3 Å². The van der Waals surface area contributed by atoms with E-state index in [0.29, 0.717) is 6.04 Å². The zero-order chi connectivity index (χ0) is 13.1. The molecule has 0 bridgehead atoms. The smallest absolute Gasteiger partial charge is 0.0645 e. The average molecular weight is 256 g/mol. The van der Waals surface area contributed by atoms with Crippen molar-refractivity contribution in [3.63, 3.8) is 0 Å². The Kier molecular flexibility index (Phi) is 3.62. The van der Waals surface area contributed by atoms with Crippen LogP contribution in [0.2, 0.25) is 0 Å². The molecule has 1 aromatic carbocycles. The Hall–Kier alpha value is -1.65. The summed E-state index contributed by atoms with van der Waals surface area (Å²) in [7, 11) is 0. The molecule has 0 aliphatic carbocycles. The van der Waals surface area contributed by atoms with Gasteiger partial charge in [0.2, 0.25) is 0 Å². The summed E-state index contributed by atoms with van der Waals surface area (Å²) in [6.45, 7) is 3.17. The highest BCUT2D eigenvalue weighted by Gasteiger charge is 2.16. The van der Waals surface area contributed by atoms with Gasteiger partial charge in [0.05, 0.1) is 5.69 Å². The molecule has 3 rings (SSSR count). The van der Waals surface area contributed by atoms with Crippen molar-refractivity contribution in [1.29, 1.82) is 0 Å². The molecular weight excluding hydrogens is 236 g/mol. The summed E-state index contributed by atoms with van der Waals surface area (Å²) < 4.78 is 1.88. The molecule has 19 heavy (non-hydrogen) atoms. The monoisotopic (exact) mass is 256 g/mol. The van der Waals surface area contributed by atoms with E-state index < -0.39 is 0 Å². The quantitative estimate of drug-likeness (QED) is 0.911. The highest BCUT2D eigenvalue weighted by Crippen LogP contribution is 2.14. The Morgan fingerprint density at radius 2 is 2.11 bits per heavy atom. The summed E-state index contributed by atoms with van der Waals surface area (Å²) in [5.41, 5.74) is 8.45. The van der Waals surface area contributed by atoms with Gasteiger partial charge in [0.15, 0.2) is 0 Å². The Bertz CT molecular complexity index is 503. The van der Waals surface area contributed by atoms with Gasteiger partial charge in [-0.3, -0.25) is 4.90 Å². The van der Waals surface area contributed by atoms with Crippen molar-refractivity contribution in [1.82, 2.24) is 14.7 Å². The van der Waals surface area contributed by atoms with Crippen LogP contribution in [0.15, 0.2) is 42.7 Å². The maximum Gasteiger partial charge on any atom is 0.0645 e. The van der Waals surface area contributed by atoms with Crippen LogP contribution in [0, 0.1) is 0 Å². The molecule has 2 heterocycles. The summed E-state index contributed by atoms with van der Waals surface area (Å²) >= 11 is 0. The molecule has 1 fully saturated rings. The molecule has 4 heteroatoms. The minimum Gasteiger partial charge on any atom is -0.327 e. The Balaban J connectivity index is 1.66. The summed E-state index contributed by atoms with van der Waals surface area (Å²) in [6.07, 6.45) is 6.13. The number of piperidine rings is 1. The third-order valence-corrected chi connectivity index (χ3v) is 3.65. The second kappa shape index (κ2) is 5.55. The summed E-state index contributed by atoms with van der Waals surface area (Å²) in [6, 6.07) is 10.9. The van der Waals surface area contributed by atoms with Crippen molar-refractivity contribution in [3.05, 3.63) is 48.3 Å². The first-order valence-corrected chi connectivity index (χ1v) is 6.88. The van der Waals surface area contributed by atoms with Crippen molar-refractivity contribution in [2.24, 2.45) is 5.73 Å². The fourth-order valence-corrected chi connectivity index (χ4v) is 2.67. The van der Waals surface area contributed by atoms with Crippen LogP contribution in [0.1, 0.15) is 18.4 Å². The molecule has 1 saturated heterocycles. The van der Waals surface area contributed by atoms with Gasteiger partial charge in [-0.25, -0.2) is 4.68 Å². The molecule has 2 N–H and O–H groups in total. The van der Waals surface area contributed by atoms with E-state index in [9.17, 15) is 0 Å². The molecule has 2 aromatic rings. The molecule has 1 unspecified atom stereocenters. The largest absolute Gasteiger partial charge is 0.327 e. The third kappa shape index (κ3) is 3.03. The molecule has 1 atom stereocenters. The Morgan fingerprint density at radius 1 is 1.26 bits per heavy atom. The topological polar surface area (TPSA) is 47.1 Å². The highest BCUT2D eigenvalue weighted by molar-refractivity contribution is 5.33. The lowest BCUT2D eigenvalue weighted by atomic mass is 10.1. The fraction of sp³-hybridized carbons (Fsp3) is 0.400. The van der Waals surface area contributed by atoms with Crippen molar-refractivity contribution in [2.75, 3.05) is 13.1 Å². The molecule has 4 nitrogen and oxygen atoms in total. The molecular formula is C15H20N4. The molecule has 1 aliphatic heterocycles. The Labute approximate surface area is 113 Å². The normalized spacial score (nSPS) is 20.6. The molecule has 1 aromatic heterocycles. The number of likely N-dealkylation sites (tertiary alicyclic amines) is 1. The van der Waals surface area contributed by atoms with E-state index in [1.165, 1.54) is 12.0 Å². The van der Waals surface area contributed by atoms with Crippen LogP contribution in [-0.2, 0) is 6.54 Å². The first kappa shape index (κ1) is 12.4. The molecule has 0 spiro atoms. The molecule has 0 radical (unpaired) electrons. The molecule has 0 saturated carbocycles. The van der Waals surface area contributed by atoms with Crippen molar-refractivity contribution >= 4 is 0 Å². The van der Waals surface area contributed by atoms with E-state index >= 15 is 0 Å². The zero-order valence-electron chi connectivity index (χ0n) is 11.1. The van der Waals surface area contributed by atoms with Gasteiger partial charge in [-0.15, -0.1) is 0 Å². The van der Waals surface area contributed by atoms with Gasteiger partial charge in [0.1, 0.15) is 0 Å². The van der Waals surface area contributed by atoms with Gasteiger partial charge in [-0.05, 0) is 43.1 Å². The van der Waals surface area contributed by atoms with Crippen LogP contribution in [0.4, 0.5) is 0 Å². The Morgan fingerprint density at radius 3 is 2.79 bits per heavy atom. The second-order valence-electron chi connectivity index (χ2n) is 5.25. The molecule has 100 valence electrons. The number of aromatic nitrogens is 2. The predicted octanol–water partition coefficient (Wildman–Crippen LogP) is 1.80. The number of nitrogens with zero attached hydrogens (tertiary/aromatic N) is 3. The lowest BCUT2D eigenvalue weighted by Gasteiger charge is -2.30. The zero-order valence-corrected chi connectivity index (χ0v) is 11.1. The van der Waals surface area contributed by atoms with E-state index in [1.54, 1.807) is 6.20 Å². The summed E-state index contributed by atoms with van der Waals surface area (Å²) in [5.74, 6) is 0. The minimum atomic E-state index is 0.345. The standard InChI is InChI=1S/C15H20N4/c16-14-3-1-9-18(12-14)11-13-4-6-15(7-5-13)19-10-2-8-17-19/h2,4-8,10,14H,1,3,9,11-12,16H2. The number of hydrogen-bond acceptors (Lipinski definition) is 3. The van der Waals surface area contributed by atoms with Gasteiger partial charge >= 0.3 is 0 Å². The van der Waals surface area contributed by atoms with Crippen molar-refractivity contribution in [2.45, 2.75) is 25.4 Å². The van der Waals surface area contributed by atoms with Crippen LogP contribution >= 0.6 is 0 Å². The van der Waals surface area contributed by atoms with Gasteiger partial charge in [0, 0.05) is 31.5 Å². The third-order valence-electron chi connectivity index (χ3n) is 3.65. The first-order chi connectivity index (χ1) is 9.31. The van der Waals surface area contributed by atoms with E-state index in [-0.39, 0.29) is 0 Å². The van der Waals surface area contributed by atoms with Crippen LogP contribution in [0.5, 0.6) is 0 Å². The highest BCUT2D eigenvalue weighted by atomic mass is 15.3. The second-order valence-corrected chi connectivity index (χ2v) is 5.25. The lowest BCUT2D eigenvalue weighted by Crippen LogP contribution is -2.42. The predicted molar refractivity (Wildman–Crippen MR) is 76.1 cm³/mol. The first-order valence-electron chi connectivity index (χ1n) is 6.88. The lowest BCUT2D eigenvalue weighted by molar-refractivity contribution is 0.201. The van der Waals surface area contributed by atoms with Gasteiger partial charge < -0.3 is 5.73 Å². The van der Waals surface area contributed by atoms with E-state index in [4.69, 9.17) is 5.73 Å². The van der Waals surface area contributed by atoms with Crippen LogP contribution in [0.25, 0.3) is 5.69 Å². The van der Waals surface area contributed by atoms with Crippen LogP contribution < -0.4 is 5.73 Å². The van der Waals surface area contributed by atoms with Gasteiger partial charge in [-0.2, -0.15) is 5.10 Å². The maximum absolute atomic E-state index is 6.01. The fourth-order valence-electron chi connectivity index (χ4n) is 2.67. The van der Waals surface area contributed by atoms with Crippen LogP contribution in [-0.4, -0.2) is 33.8 Å². The van der Waals surface area contributed by atoms with Gasteiger partial charge in [0.25, 0.3) is 0 Å². The maximum atomic E-state index is 6.01. The summed E-state index contributed by atoms with van der Waals surface area (Å²) in [4.78, 5) is 2.44. The minimum absolute atomic E-state index is 0.345. The van der Waals surface area contributed by atoms with Crippen molar-refractivity contribution in [3.8, 4) is 5.69 Å². The SMILES string of the molecule is NC1CCCN(Cc2ccc(-n3cccn3)cc2)C1. The molecule has 1 aliphatic rings. The number of hydrogen-bond donors (Lipinski definition) is 1. The van der Waals surface area contributed by atoms with E-state index in [0.717, 1.165) is 31.7 Å². The van der Waals surface area contributed by atoms with Gasteiger partial charge in [-0.1, -0.05) is 12.1 Å². The van der Waals surface area contributed by atoms with Crippen LogP contribution in [0.3, 0.4) is 0 Å². The molecule has 0 amide bonds. The average Bonchev–Trinajstić information content (AvgIpc) is 2.94. The van der Waals surface area contributed by atoms with Crippen molar-refractivity contribution < 1.29 is 0 Å². The summed E-state index contributed by atoms with van der Waals surface area (Å²) in [5, 5.41) is 4.23. The number of benzene rings is 1. The van der Waals surface area contributed by atoms with E-state index in [1.807, 2.05) is 16.9 Å². The number of nitrogens with two attached hydrogens (primary N) is 1.